The van der Waals surface area contributed by atoms with Crippen LogP contribution in [0.4, 0.5) is 9.41 Å². The SMILES string of the molecule is F.F.[BaH2].[MgH2]. The summed E-state index contributed by atoms with van der Waals surface area (Å²) in [5.74, 6) is 0. The molecule has 0 heterocycles. The van der Waals surface area contributed by atoms with E-state index in [1.165, 1.54) is 0 Å². The van der Waals surface area contributed by atoms with Crippen molar-refractivity contribution in [1.82, 2.24) is 0 Å². The van der Waals surface area contributed by atoms with Crippen molar-refractivity contribution in [3.63, 3.8) is 0 Å². The molecule has 0 bridgehead atoms. The molecule has 4 heavy (non-hydrogen) atoms. The molecular weight excluding hydrogens is 200 g/mol. The Balaban J connectivity index is 0. The summed E-state index contributed by atoms with van der Waals surface area (Å²) in [5.41, 5.74) is 0. The molecule has 4 heteroatoms. The van der Waals surface area contributed by atoms with E-state index in [1.807, 2.05) is 0 Å². The molecule has 0 saturated heterocycles. The molecule has 0 aromatic heterocycles. The van der Waals surface area contributed by atoms with Crippen LogP contribution < -0.4 is 0 Å². The monoisotopic (exact) mass is 206 g/mol. The van der Waals surface area contributed by atoms with Crippen LogP contribution >= 0.6 is 0 Å². The molecule has 0 fully saturated rings. The molecule has 0 aliphatic carbocycles. The molecule has 0 aliphatic heterocycles. The van der Waals surface area contributed by atoms with E-state index >= 15 is 0 Å². The normalized spacial score (nSPS) is 0. The van der Waals surface area contributed by atoms with E-state index in [4.69, 9.17) is 0 Å². The van der Waals surface area contributed by atoms with E-state index in [0.717, 1.165) is 0 Å². The predicted molar refractivity (Wildman–Crippen MR) is 22.1 cm³/mol. The van der Waals surface area contributed by atoms with Crippen molar-refractivity contribution >= 4 is 71.9 Å². The zero-order valence-electron chi connectivity index (χ0n) is 0.816. The van der Waals surface area contributed by atoms with Gasteiger partial charge in [0.25, 0.3) is 0 Å². The molecule has 0 radical (unpaired) electrons. The number of halogens is 2. The van der Waals surface area contributed by atoms with Gasteiger partial charge in [-0.05, 0) is 0 Å². The average molecular weight is 206 g/mol. The van der Waals surface area contributed by atoms with Gasteiger partial charge in [0.2, 0.25) is 0 Å². The van der Waals surface area contributed by atoms with Gasteiger partial charge in [-0.15, -0.1) is 0 Å². The summed E-state index contributed by atoms with van der Waals surface area (Å²) in [6.45, 7) is 0. The Morgan fingerprint density at radius 1 is 0.750 bits per heavy atom. The van der Waals surface area contributed by atoms with Crippen molar-refractivity contribution in [2.45, 2.75) is 0 Å². The quantitative estimate of drug-likeness (QED) is 0.421. The van der Waals surface area contributed by atoms with Crippen LogP contribution in [0.2, 0.25) is 0 Å². The molecule has 0 unspecified atom stereocenters. The van der Waals surface area contributed by atoms with E-state index in [9.17, 15) is 0 Å². The van der Waals surface area contributed by atoms with Crippen molar-refractivity contribution in [2.24, 2.45) is 0 Å². The second kappa shape index (κ2) is 19.0. The molecule has 0 aliphatic rings. The van der Waals surface area contributed by atoms with Gasteiger partial charge in [0.05, 0.1) is 0 Å². The maximum Gasteiger partial charge on any atom is 0.316 e. The van der Waals surface area contributed by atoms with Gasteiger partial charge in [0.15, 0.2) is 0 Å². The van der Waals surface area contributed by atoms with Gasteiger partial charge in [-0.25, -0.2) is 0 Å². The van der Waals surface area contributed by atoms with Crippen molar-refractivity contribution < 1.29 is 9.41 Å². The second-order valence-corrected chi connectivity index (χ2v) is 0. The Morgan fingerprint density at radius 2 is 0.750 bits per heavy atom. The Bertz CT molecular complexity index is 6.00. The van der Waals surface area contributed by atoms with Gasteiger partial charge >= 0.3 is 71.9 Å². The number of hydrogen-bond acceptors (Lipinski definition) is 0. The molecular formula is H6BaF2Mg. The largest absolute Gasteiger partial charge is 0.316 e. The van der Waals surface area contributed by atoms with E-state index in [-0.39, 0.29) is 81.3 Å². The molecule has 0 spiro atoms. The van der Waals surface area contributed by atoms with Gasteiger partial charge < -0.3 is 0 Å². The van der Waals surface area contributed by atoms with Crippen molar-refractivity contribution in [3.05, 3.63) is 0 Å². The third-order valence-electron chi connectivity index (χ3n) is 0. The summed E-state index contributed by atoms with van der Waals surface area (Å²) in [4.78, 5) is 0. The molecule has 0 atom stereocenters. The van der Waals surface area contributed by atoms with Crippen molar-refractivity contribution in [3.8, 4) is 0 Å². The van der Waals surface area contributed by atoms with Gasteiger partial charge in [0.1, 0.15) is 0 Å². The molecule has 0 N–H and O–H groups in total. The molecule has 0 amide bonds. The minimum Gasteiger partial charge on any atom is 0.316 e. The van der Waals surface area contributed by atoms with Crippen LogP contribution in [0, 0.1) is 0 Å². The first-order valence-corrected chi connectivity index (χ1v) is 0. The standard InChI is InChI=1S/Ba.2FH.Mg.4H/h;2*1H;;;;;. The van der Waals surface area contributed by atoms with Crippen LogP contribution in [0.5, 0.6) is 0 Å². The third-order valence-corrected chi connectivity index (χ3v) is 0. The zero-order chi connectivity index (χ0) is 0. The fraction of sp³-hybridized carbons (Fsp3) is 0. The van der Waals surface area contributed by atoms with Crippen LogP contribution in [-0.4, -0.2) is 71.9 Å². The van der Waals surface area contributed by atoms with E-state index in [0.29, 0.717) is 0 Å². The van der Waals surface area contributed by atoms with Crippen molar-refractivity contribution in [1.29, 1.82) is 0 Å². The first kappa shape index (κ1) is 34.7. The maximum atomic E-state index is 0. The van der Waals surface area contributed by atoms with Crippen LogP contribution in [0.3, 0.4) is 0 Å². The summed E-state index contributed by atoms with van der Waals surface area (Å²) in [5, 5.41) is 0. The number of rotatable bonds is 0. The van der Waals surface area contributed by atoms with Crippen molar-refractivity contribution in [2.75, 3.05) is 0 Å². The molecule has 0 aromatic rings. The topological polar surface area (TPSA) is 0 Å². The fourth-order valence-electron chi connectivity index (χ4n) is 0. The first-order chi connectivity index (χ1) is 0. The smallest absolute Gasteiger partial charge is 0.316 e. The summed E-state index contributed by atoms with van der Waals surface area (Å²) in [6.07, 6.45) is 0. The minimum atomic E-state index is 0. The maximum absolute atomic E-state index is 0. The zero-order valence-corrected chi connectivity index (χ0v) is 0.816. The fourth-order valence-corrected chi connectivity index (χ4v) is 0. The molecule has 24 valence electrons. The Labute approximate surface area is 79.7 Å². The van der Waals surface area contributed by atoms with Crippen LogP contribution in [0.25, 0.3) is 0 Å². The summed E-state index contributed by atoms with van der Waals surface area (Å²) in [7, 11) is 0. The Kier molecular flexibility index (Phi) is 164. The number of hydrogen-bond donors (Lipinski definition) is 0. The molecule has 0 aromatic carbocycles. The molecule has 0 nitrogen and oxygen atoms in total. The van der Waals surface area contributed by atoms with Gasteiger partial charge in [-0.3, -0.25) is 9.41 Å². The van der Waals surface area contributed by atoms with E-state index < -0.39 is 0 Å². The van der Waals surface area contributed by atoms with E-state index in [2.05, 4.69) is 0 Å². The third kappa shape index (κ3) is 8.89. The predicted octanol–water partition coefficient (Wildman–Crippen LogP) is -1.53. The van der Waals surface area contributed by atoms with Crippen LogP contribution in [0.15, 0.2) is 0 Å². The van der Waals surface area contributed by atoms with Crippen LogP contribution in [0.1, 0.15) is 0 Å². The molecule has 0 rings (SSSR count). The average Bonchev–Trinajstić information content (AvgIpc) is 0. The van der Waals surface area contributed by atoms with Gasteiger partial charge in [0, 0.05) is 0 Å². The second-order valence-electron chi connectivity index (χ2n) is 0. The molecule has 0 saturated carbocycles. The Hall–Kier alpha value is 2.20. The van der Waals surface area contributed by atoms with Gasteiger partial charge in [-0.2, -0.15) is 0 Å². The summed E-state index contributed by atoms with van der Waals surface area (Å²) >= 11 is 0. The van der Waals surface area contributed by atoms with E-state index in [1.54, 1.807) is 0 Å². The minimum absolute atomic E-state index is 0. The van der Waals surface area contributed by atoms with Crippen LogP contribution in [-0.2, 0) is 0 Å². The summed E-state index contributed by atoms with van der Waals surface area (Å²) in [6, 6.07) is 0. The van der Waals surface area contributed by atoms with Gasteiger partial charge in [-0.1, -0.05) is 0 Å². The Morgan fingerprint density at radius 3 is 0.750 bits per heavy atom. The first-order valence-electron chi connectivity index (χ1n) is 0. The summed E-state index contributed by atoms with van der Waals surface area (Å²) < 4.78 is 0.